The Hall–Kier alpha value is -1.71. The maximum atomic E-state index is 11.0. The van der Waals surface area contributed by atoms with E-state index >= 15 is 0 Å². The molecular formula is C13H17NO3. The van der Waals surface area contributed by atoms with Gasteiger partial charge in [-0.3, -0.25) is 4.79 Å². The topological polar surface area (TPSA) is 38.8 Å². The summed E-state index contributed by atoms with van der Waals surface area (Å²) in [5, 5.41) is 0. The third-order valence-electron chi connectivity index (χ3n) is 3.23. The van der Waals surface area contributed by atoms with Crippen molar-refractivity contribution in [1.29, 1.82) is 0 Å². The Morgan fingerprint density at radius 1 is 1.29 bits per heavy atom. The molecule has 1 aromatic carbocycles. The molecule has 0 unspecified atom stereocenters. The van der Waals surface area contributed by atoms with E-state index in [0.717, 1.165) is 42.9 Å². The van der Waals surface area contributed by atoms with Crippen LogP contribution in [0.25, 0.3) is 0 Å². The summed E-state index contributed by atoms with van der Waals surface area (Å²) in [5.74, 6) is 1.56. The Balaban J connectivity index is 2.44. The predicted octanol–water partition coefficient (Wildman–Crippen LogP) is 2.00. The quantitative estimate of drug-likeness (QED) is 0.749. The van der Waals surface area contributed by atoms with Crippen molar-refractivity contribution in [2.45, 2.75) is 18.9 Å². The lowest BCUT2D eigenvalue weighted by Crippen LogP contribution is -2.22. The Kier molecular flexibility index (Phi) is 3.52. The summed E-state index contributed by atoms with van der Waals surface area (Å²) in [6, 6.07) is 5.76. The van der Waals surface area contributed by atoms with Crippen molar-refractivity contribution in [3.63, 3.8) is 0 Å². The highest BCUT2D eigenvalue weighted by molar-refractivity contribution is 5.54. The number of hydrogen-bond donors (Lipinski definition) is 0. The second kappa shape index (κ2) is 5.08. The molecule has 1 saturated heterocycles. The van der Waals surface area contributed by atoms with Crippen molar-refractivity contribution < 1.29 is 14.3 Å². The van der Waals surface area contributed by atoms with Crippen molar-refractivity contribution in [1.82, 2.24) is 4.90 Å². The molecule has 0 N–H and O–H groups in total. The summed E-state index contributed by atoms with van der Waals surface area (Å²) in [7, 11) is 3.27. The molecule has 1 fully saturated rings. The van der Waals surface area contributed by atoms with Crippen LogP contribution in [0, 0.1) is 0 Å². The number of rotatable bonds is 4. The predicted molar refractivity (Wildman–Crippen MR) is 64.3 cm³/mol. The molecule has 0 saturated carbocycles. The van der Waals surface area contributed by atoms with Crippen LogP contribution in [0.3, 0.4) is 0 Å². The SMILES string of the molecule is COc1cccc(OC)c1[C@@H]1CCCN1C=O. The van der Waals surface area contributed by atoms with Gasteiger partial charge in [0.25, 0.3) is 0 Å². The van der Waals surface area contributed by atoms with Gasteiger partial charge in [-0.25, -0.2) is 0 Å². The molecule has 92 valence electrons. The molecule has 0 aliphatic carbocycles. The lowest BCUT2D eigenvalue weighted by Gasteiger charge is -2.24. The first-order valence-electron chi connectivity index (χ1n) is 5.73. The third-order valence-corrected chi connectivity index (χ3v) is 3.23. The van der Waals surface area contributed by atoms with Gasteiger partial charge < -0.3 is 14.4 Å². The molecule has 1 atom stereocenters. The highest BCUT2D eigenvalue weighted by Gasteiger charge is 2.29. The number of nitrogens with zero attached hydrogens (tertiary/aromatic N) is 1. The molecule has 1 amide bonds. The molecule has 0 spiro atoms. The van der Waals surface area contributed by atoms with Crippen LogP contribution in [0.1, 0.15) is 24.4 Å². The van der Waals surface area contributed by atoms with E-state index in [1.165, 1.54) is 0 Å². The standard InChI is InChI=1S/C13H17NO3/c1-16-11-6-3-7-12(17-2)13(11)10-5-4-8-14(10)9-15/h3,6-7,9-10H,4-5,8H2,1-2H3/t10-/m0/s1. The van der Waals surface area contributed by atoms with E-state index < -0.39 is 0 Å². The van der Waals surface area contributed by atoms with Crippen molar-refractivity contribution in [3.8, 4) is 11.5 Å². The molecule has 1 aliphatic rings. The van der Waals surface area contributed by atoms with Crippen LogP contribution in [0.2, 0.25) is 0 Å². The van der Waals surface area contributed by atoms with E-state index in [0.29, 0.717) is 0 Å². The van der Waals surface area contributed by atoms with Gasteiger partial charge in [-0.1, -0.05) is 6.07 Å². The molecule has 4 nitrogen and oxygen atoms in total. The molecule has 2 rings (SSSR count). The van der Waals surface area contributed by atoms with Crippen LogP contribution in [-0.2, 0) is 4.79 Å². The van der Waals surface area contributed by atoms with Crippen molar-refractivity contribution >= 4 is 6.41 Å². The van der Waals surface area contributed by atoms with E-state index in [2.05, 4.69) is 0 Å². The van der Waals surface area contributed by atoms with Crippen molar-refractivity contribution in [2.24, 2.45) is 0 Å². The summed E-state index contributed by atoms with van der Waals surface area (Å²) in [4.78, 5) is 12.8. The van der Waals surface area contributed by atoms with Gasteiger partial charge >= 0.3 is 0 Å². The number of likely N-dealkylation sites (tertiary alicyclic amines) is 1. The Morgan fingerprint density at radius 3 is 2.47 bits per heavy atom. The molecule has 1 aliphatic heterocycles. The smallest absolute Gasteiger partial charge is 0.210 e. The number of hydrogen-bond acceptors (Lipinski definition) is 3. The maximum Gasteiger partial charge on any atom is 0.210 e. The fraction of sp³-hybridized carbons (Fsp3) is 0.462. The summed E-state index contributed by atoms with van der Waals surface area (Å²) >= 11 is 0. The summed E-state index contributed by atoms with van der Waals surface area (Å²) in [6.07, 6.45) is 2.88. The van der Waals surface area contributed by atoms with E-state index in [1.807, 2.05) is 18.2 Å². The minimum atomic E-state index is 0.0681. The number of amides is 1. The maximum absolute atomic E-state index is 11.0. The average molecular weight is 235 g/mol. The summed E-state index contributed by atoms with van der Waals surface area (Å²) < 4.78 is 10.7. The third kappa shape index (κ3) is 2.07. The monoisotopic (exact) mass is 235 g/mol. The van der Waals surface area contributed by atoms with Crippen LogP contribution >= 0.6 is 0 Å². The fourth-order valence-electron chi connectivity index (χ4n) is 2.43. The molecule has 0 radical (unpaired) electrons. The summed E-state index contributed by atoms with van der Waals surface area (Å²) in [5.41, 5.74) is 0.974. The first-order valence-corrected chi connectivity index (χ1v) is 5.73. The minimum absolute atomic E-state index is 0.0681. The first-order chi connectivity index (χ1) is 8.31. The minimum Gasteiger partial charge on any atom is -0.496 e. The Bertz CT molecular complexity index is 383. The number of ether oxygens (including phenoxy) is 2. The Labute approximate surface area is 101 Å². The fourth-order valence-corrected chi connectivity index (χ4v) is 2.43. The molecule has 1 heterocycles. The molecule has 0 aromatic heterocycles. The summed E-state index contributed by atoms with van der Waals surface area (Å²) in [6.45, 7) is 0.801. The van der Waals surface area contributed by atoms with E-state index in [-0.39, 0.29) is 6.04 Å². The molecule has 1 aromatic rings. The second-order valence-electron chi connectivity index (χ2n) is 4.08. The lowest BCUT2D eigenvalue weighted by atomic mass is 10.0. The Morgan fingerprint density at radius 2 is 1.94 bits per heavy atom. The van der Waals surface area contributed by atoms with Gasteiger partial charge in [0.2, 0.25) is 6.41 Å². The van der Waals surface area contributed by atoms with Gasteiger partial charge in [0.15, 0.2) is 0 Å². The largest absolute Gasteiger partial charge is 0.496 e. The average Bonchev–Trinajstić information content (AvgIpc) is 2.85. The van der Waals surface area contributed by atoms with Gasteiger partial charge in [0.1, 0.15) is 11.5 Å². The van der Waals surface area contributed by atoms with Gasteiger partial charge in [-0.15, -0.1) is 0 Å². The van der Waals surface area contributed by atoms with Crippen LogP contribution in [0.4, 0.5) is 0 Å². The van der Waals surface area contributed by atoms with Gasteiger partial charge in [-0.2, -0.15) is 0 Å². The molecular weight excluding hydrogens is 218 g/mol. The van der Waals surface area contributed by atoms with E-state index in [1.54, 1.807) is 19.1 Å². The highest BCUT2D eigenvalue weighted by atomic mass is 16.5. The van der Waals surface area contributed by atoms with E-state index in [4.69, 9.17) is 9.47 Å². The van der Waals surface area contributed by atoms with E-state index in [9.17, 15) is 4.79 Å². The van der Waals surface area contributed by atoms with Crippen molar-refractivity contribution in [2.75, 3.05) is 20.8 Å². The molecule has 17 heavy (non-hydrogen) atoms. The zero-order valence-corrected chi connectivity index (χ0v) is 10.2. The molecule has 4 heteroatoms. The lowest BCUT2D eigenvalue weighted by molar-refractivity contribution is -0.118. The normalized spacial score (nSPS) is 19.2. The number of methoxy groups -OCH3 is 2. The van der Waals surface area contributed by atoms with Crippen LogP contribution in [0.15, 0.2) is 18.2 Å². The van der Waals surface area contributed by atoms with Crippen LogP contribution in [-0.4, -0.2) is 32.1 Å². The van der Waals surface area contributed by atoms with Crippen LogP contribution in [0.5, 0.6) is 11.5 Å². The first kappa shape index (κ1) is 11.8. The second-order valence-corrected chi connectivity index (χ2v) is 4.08. The van der Waals surface area contributed by atoms with Gasteiger partial charge in [0, 0.05) is 6.54 Å². The van der Waals surface area contributed by atoms with Gasteiger partial charge in [-0.05, 0) is 25.0 Å². The van der Waals surface area contributed by atoms with Crippen molar-refractivity contribution in [3.05, 3.63) is 23.8 Å². The highest BCUT2D eigenvalue weighted by Crippen LogP contribution is 2.41. The zero-order chi connectivity index (χ0) is 12.3. The number of carbonyl (C=O) groups excluding carboxylic acids is 1. The number of benzene rings is 1. The van der Waals surface area contributed by atoms with Crippen LogP contribution < -0.4 is 9.47 Å². The zero-order valence-electron chi connectivity index (χ0n) is 10.2. The van der Waals surface area contributed by atoms with Gasteiger partial charge in [0.05, 0.1) is 25.8 Å². The molecule has 0 bridgehead atoms. The number of carbonyl (C=O) groups is 1.